The van der Waals surface area contributed by atoms with Gasteiger partial charge in [-0.15, -0.1) is 24.0 Å². The third kappa shape index (κ3) is 8.99. The number of nitrogens with zero attached hydrogens (tertiary/aromatic N) is 1. The summed E-state index contributed by atoms with van der Waals surface area (Å²) < 4.78 is 10.9. The maximum Gasteiger partial charge on any atom is 0.224 e. The standard InChI is InChI=1S/C20H34N4O3.HI/c1-6-22-19(24-14-20(3,4)18(21)25)23-12-8-9-15-10-11-16(26-5)17(13-15)27-7-2;/h10-11,13H,6-9,12,14H2,1-5H3,(H2,21,25)(H2,22,23,24);1H. The first-order chi connectivity index (χ1) is 12.8. The van der Waals surface area contributed by atoms with Gasteiger partial charge >= 0.3 is 0 Å². The van der Waals surface area contributed by atoms with Crippen LogP contribution in [-0.2, 0) is 11.2 Å². The third-order valence-corrected chi connectivity index (χ3v) is 4.11. The molecule has 0 unspecified atom stereocenters. The van der Waals surface area contributed by atoms with Crippen LogP contribution in [0.15, 0.2) is 23.2 Å². The molecule has 0 aliphatic rings. The summed E-state index contributed by atoms with van der Waals surface area (Å²) in [6, 6.07) is 6.01. The molecule has 0 atom stereocenters. The molecule has 0 radical (unpaired) electrons. The lowest BCUT2D eigenvalue weighted by Crippen LogP contribution is -2.40. The molecule has 0 saturated carbocycles. The maximum absolute atomic E-state index is 11.4. The Morgan fingerprint density at radius 1 is 1.21 bits per heavy atom. The predicted molar refractivity (Wildman–Crippen MR) is 125 cm³/mol. The van der Waals surface area contributed by atoms with Crippen LogP contribution in [0.3, 0.4) is 0 Å². The molecule has 0 heterocycles. The van der Waals surface area contributed by atoms with Crippen molar-refractivity contribution in [1.82, 2.24) is 10.6 Å². The topological polar surface area (TPSA) is 98.0 Å². The van der Waals surface area contributed by atoms with E-state index in [2.05, 4.69) is 21.7 Å². The van der Waals surface area contributed by atoms with Gasteiger partial charge in [0.1, 0.15) is 0 Å². The fourth-order valence-electron chi connectivity index (χ4n) is 2.34. The lowest BCUT2D eigenvalue weighted by Gasteiger charge is -2.19. The van der Waals surface area contributed by atoms with Crippen LogP contribution in [0, 0.1) is 5.41 Å². The van der Waals surface area contributed by atoms with Crippen molar-refractivity contribution >= 4 is 35.8 Å². The van der Waals surface area contributed by atoms with E-state index >= 15 is 0 Å². The SMILES string of the molecule is CCNC(=NCC(C)(C)C(N)=O)NCCCc1ccc(OC)c(OCC)c1.I. The first-order valence-electron chi connectivity index (χ1n) is 9.45. The Morgan fingerprint density at radius 2 is 1.93 bits per heavy atom. The molecule has 160 valence electrons. The van der Waals surface area contributed by atoms with Crippen LogP contribution in [0.2, 0.25) is 0 Å². The summed E-state index contributed by atoms with van der Waals surface area (Å²) in [6.45, 7) is 10.0. The highest BCUT2D eigenvalue weighted by Gasteiger charge is 2.24. The van der Waals surface area contributed by atoms with Crippen molar-refractivity contribution in [2.24, 2.45) is 16.1 Å². The Hall–Kier alpha value is -1.71. The Balaban J connectivity index is 0.00000729. The molecule has 0 fully saturated rings. The van der Waals surface area contributed by atoms with Gasteiger partial charge < -0.3 is 25.8 Å². The summed E-state index contributed by atoms with van der Waals surface area (Å²) in [5, 5.41) is 6.48. The number of aryl methyl sites for hydroxylation is 1. The zero-order valence-electron chi connectivity index (χ0n) is 17.6. The summed E-state index contributed by atoms with van der Waals surface area (Å²) in [6.07, 6.45) is 1.84. The van der Waals surface area contributed by atoms with Gasteiger partial charge in [-0.25, -0.2) is 0 Å². The number of amides is 1. The molecule has 0 saturated heterocycles. The highest BCUT2D eigenvalue weighted by molar-refractivity contribution is 14.0. The van der Waals surface area contributed by atoms with E-state index in [1.165, 1.54) is 5.56 Å². The van der Waals surface area contributed by atoms with Crippen molar-refractivity contribution in [1.29, 1.82) is 0 Å². The predicted octanol–water partition coefficient (Wildman–Crippen LogP) is 2.71. The number of nitrogens with two attached hydrogens (primary N) is 1. The molecule has 1 aromatic rings. The summed E-state index contributed by atoms with van der Waals surface area (Å²) in [7, 11) is 1.64. The molecule has 0 aromatic heterocycles. The molecule has 1 rings (SSSR count). The quantitative estimate of drug-likeness (QED) is 0.186. The third-order valence-electron chi connectivity index (χ3n) is 4.11. The molecule has 28 heavy (non-hydrogen) atoms. The van der Waals surface area contributed by atoms with E-state index in [4.69, 9.17) is 15.2 Å². The van der Waals surface area contributed by atoms with Crippen LogP contribution >= 0.6 is 24.0 Å². The first-order valence-corrected chi connectivity index (χ1v) is 9.45. The lowest BCUT2D eigenvalue weighted by atomic mass is 9.93. The number of hydrogen-bond donors (Lipinski definition) is 3. The molecular formula is C20H35IN4O3. The number of benzene rings is 1. The Bertz CT molecular complexity index is 636. The number of halogens is 1. The van der Waals surface area contributed by atoms with Crippen LogP contribution in [0.1, 0.15) is 39.7 Å². The van der Waals surface area contributed by atoms with Gasteiger partial charge in [-0.3, -0.25) is 9.79 Å². The van der Waals surface area contributed by atoms with Crippen molar-refractivity contribution in [3.63, 3.8) is 0 Å². The number of rotatable bonds is 11. The van der Waals surface area contributed by atoms with Crippen molar-refractivity contribution in [3.8, 4) is 11.5 Å². The zero-order valence-corrected chi connectivity index (χ0v) is 20.0. The van der Waals surface area contributed by atoms with E-state index in [1.807, 2.05) is 26.0 Å². The zero-order chi connectivity index (χ0) is 20.3. The molecular weight excluding hydrogens is 471 g/mol. The average molecular weight is 506 g/mol. The van der Waals surface area contributed by atoms with Gasteiger partial charge in [0.2, 0.25) is 5.91 Å². The van der Waals surface area contributed by atoms with Gasteiger partial charge in [0.15, 0.2) is 17.5 Å². The number of hydrogen-bond acceptors (Lipinski definition) is 4. The number of carbonyl (C=O) groups is 1. The minimum atomic E-state index is -0.666. The summed E-state index contributed by atoms with van der Waals surface area (Å²) in [5.74, 6) is 1.86. The van der Waals surface area contributed by atoms with Gasteiger partial charge in [0, 0.05) is 13.1 Å². The Morgan fingerprint density at radius 3 is 2.50 bits per heavy atom. The van der Waals surface area contributed by atoms with Crippen molar-refractivity contribution in [2.75, 3.05) is 33.4 Å². The van der Waals surface area contributed by atoms with E-state index in [0.717, 1.165) is 37.4 Å². The highest BCUT2D eigenvalue weighted by atomic mass is 127. The summed E-state index contributed by atoms with van der Waals surface area (Å²) in [5.41, 5.74) is 5.93. The second-order valence-corrected chi connectivity index (χ2v) is 6.89. The minimum Gasteiger partial charge on any atom is -0.493 e. The normalized spacial score (nSPS) is 11.4. The van der Waals surface area contributed by atoms with Crippen LogP contribution < -0.4 is 25.8 Å². The second-order valence-electron chi connectivity index (χ2n) is 6.89. The van der Waals surface area contributed by atoms with E-state index in [9.17, 15) is 4.79 Å². The number of nitrogens with one attached hydrogen (secondary N) is 2. The van der Waals surface area contributed by atoms with Gasteiger partial charge in [-0.2, -0.15) is 0 Å². The molecule has 8 heteroatoms. The van der Waals surface area contributed by atoms with Crippen molar-refractivity contribution in [2.45, 2.75) is 40.5 Å². The molecule has 7 nitrogen and oxygen atoms in total. The Kier molecular flexibility index (Phi) is 12.6. The van der Waals surface area contributed by atoms with Crippen molar-refractivity contribution in [3.05, 3.63) is 23.8 Å². The average Bonchev–Trinajstić information content (AvgIpc) is 2.63. The van der Waals surface area contributed by atoms with E-state index in [1.54, 1.807) is 21.0 Å². The number of carbonyl (C=O) groups excluding carboxylic acids is 1. The summed E-state index contributed by atoms with van der Waals surface area (Å²) in [4.78, 5) is 15.9. The molecule has 0 bridgehead atoms. The smallest absolute Gasteiger partial charge is 0.224 e. The molecule has 1 aromatic carbocycles. The van der Waals surface area contributed by atoms with Crippen molar-refractivity contribution < 1.29 is 14.3 Å². The van der Waals surface area contributed by atoms with Gasteiger partial charge in [-0.1, -0.05) is 6.07 Å². The second kappa shape index (κ2) is 13.5. The van der Waals surface area contributed by atoms with Crippen LogP contribution in [0.5, 0.6) is 11.5 Å². The Labute approximate surface area is 185 Å². The van der Waals surface area contributed by atoms with Crippen LogP contribution in [0.25, 0.3) is 0 Å². The van der Waals surface area contributed by atoms with E-state index in [0.29, 0.717) is 19.1 Å². The van der Waals surface area contributed by atoms with Crippen LogP contribution in [-0.4, -0.2) is 45.2 Å². The number of primary amides is 1. The maximum atomic E-state index is 11.4. The van der Waals surface area contributed by atoms with E-state index in [-0.39, 0.29) is 29.9 Å². The van der Waals surface area contributed by atoms with Gasteiger partial charge in [0.25, 0.3) is 0 Å². The molecule has 0 aliphatic carbocycles. The first kappa shape index (κ1) is 26.3. The number of ether oxygens (including phenoxy) is 2. The molecule has 0 spiro atoms. The lowest BCUT2D eigenvalue weighted by molar-refractivity contribution is -0.125. The largest absolute Gasteiger partial charge is 0.493 e. The van der Waals surface area contributed by atoms with Gasteiger partial charge in [0.05, 0.1) is 25.7 Å². The van der Waals surface area contributed by atoms with Gasteiger partial charge in [-0.05, 0) is 58.2 Å². The minimum absolute atomic E-state index is 0. The fourth-order valence-corrected chi connectivity index (χ4v) is 2.34. The monoisotopic (exact) mass is 506 g/mol. The summed E-state index contributed by atoms with van der Waals surface area (Å²) >= 11 is 0. The highest BCUT2D eigenvalue weighted by Crippen LogP contribution is 2.28. The number of aliphatic imine (C=N–C) groups is 1. The molecule has 1 amide bonds. The fraction of sp³-hybridized carbons (Fsp3) is 0.600. The molecule has 4 N–H and O–H groups in total. The number of guanidine groups is 1. The van der Waals surface area contributed by atoms with E-state index < -0.39 is 5.41 Å². The van der Waals surface area contributed by atoms with Crippen LogP contribution in [0.4, 0.5) is 0 Å². The number of methoxy groups -OCH3 is 1. The molecule has 0 aliphatic heterocycles.